The molecular weight excluding hydrogens is 359 g/mol. The monoisotopic (exact) mass is 368 g/mol. The molecule has 5 heteroatoms. The molecule has 0 radical (unpaired) electrons. The molecule has 68 valence electrons. The van der Waals surface area contributed by atoms with Crippen LogP contribution in [-0.2, 0) is 0 Å². The van der Waals surface area contributed by atoms with Gasteiger partial charge in [-0.05, 0) is 31.9 Å². The Labute approximate surface area is 93.7 Å². The van der Waals surface area contributed by atoms with Crippen molar-refractivity contribution in [3.8, 4) is 0 Å². The fraction of sp³-hybridized carbons (Fsp3) is 1.00. The third kappa shape index (κ3) is 6.72. The van der Waals surface area contributed by atoms with Crippen LogP contribution in [0.2, 0.25) is 19.6 Å². The molecule has 1 atom stereocenters. The first kappa shape index (κ1) is 12.6. The largest absolute Gasteiger partial charge is 0.219 e. The van der Waals surface area contributed by atoms with E-state index in [1.165, 1.54) is 0 Å². The first-order chi connectivity index (χ1) is 4.63. The van der Waals surface area contributed by atoms with Gasteiger partial charge in [0.1, 0.15) is 0 Å². The minimum absolute atomic E-state index is 0.291. The van der Waals surface area contributed by atoms with Gasteiger partial charge in [0.05, 0.1) is 8.07 Å². The molecule has 0 aliphatic carbocycles. The van der Waals surface area contributed by atoms with Crippen LogP contribution in [0.1, 0.15) is 6.42 Å². The van der Waals surface area contributed by atoms with Gasteiger partial charge in [-0.1, -0.05) is 35.6 Å². The molecule has 0 saturated heterocycles. The van der Waals surface area contributed by atoms with Gasteiger partial charge in [-0.25, -0.2) is 4.39 Å². The molecule has 0 aliphatic heterocycles. The van der Waals surface area contributed by atoms with Crippen molar-refractivity contribution < 1.29 is 4.39 Å². The average molecular weight is 371 g/mol. The van der Waals surface area contributed by atoms with Crippen LogP contribution >= 0.6 is 47.8 Å². The summed E-state index contributed by atoms with van der Waals surface area (Å²) in [5.41, 5.74) is 0. The number of halogens is 4. The Morgan fingerprint density at radius 3 is 1.82 bits per heavy atom. The smallest absolute Gasteiger partial charge is 0.219 e. The van der Waals surface area contributed by atoms with Gasteiger partial charge < -0.3 is 0 Å². The first-order valence-corrected chi connectivity index (χ1v) is 9.41. The summed E-state index contributed by atoms with van der Waals surface area (Å²) in [5, 5.41) is 0. The predicted molar refractivity (Wildman–Crippen MR) is 62.4 cm³/mol. The third-order valence-corrected chi connectivity index (χ3v) is 8.53. The van der Waals surface area contributed by atoms with Crippen molar-refractivity contribution in [3.63, 3.8) is 0 Å². The zero-order valence-corrected chi connectivity index (χ0v) is 12.6. The second kappa shape index (κ2) is 4.20. The highest BCUT2D eigenvalue weighted by Crippen LogP contribution is 2.37. The van der Waals surface area contributed by atoms with Gasteiger partial charge in [0.25, 0.3) is 0 Å². The van der Waals surface area contributed by atoms with E-state index in [9.17, 15) is 4.39 Å². The minimum Gasteiger partial charge on any atom is -0.219 e. The molecule has 0 rings (SSSR count). The van der Waals surface area contributed by atoms with Gasteiger partial charge in [-0.2, -0.15) is 0 Å². The van der Waals surface area contributed by atoms with E-state index in [0.717, 1.165) is 0 Å². The maximum atomic E-state index is 13.0. The molecule has 11 heavy (non-hydrogen) atoms. The van der Waals surface area contributed by atoms with E-state index in [2.05, 4.69) is 67.4 Å². The summed E-state index contributed by atoms with van der Waals surface area (Å²) in [5.74, 6) is 0. The topological polar surface area (TPSA) is 0 Å². The van der Waals surface area contributed by atoms with Crippen molar-refractivity contribution in [2.75, 3.05) is 0 Å². The lowest BCUT2D eigenvalue weighted by atomic mass is 10.5. The second-order valence-electron chi connectivity index (χ2n) is 3.65. The van der Waals surface area contributed by atoms with Gasteiger partial charge in [-0.15, -0.1) is 0 Å². The maximum absolute atomic E-state index is 13.0. The molecule has 0 fully saturated rings. The summed E-state index contributed by atoms with van der Waals surface area (Å²) in [7, 11) is -1.25. The molecule has 1 unspecified atom stereocenters. The van der Waals surface area contributed by atoms with E-state index < -0.39 is 11.6 Å². The highest BCUT2D eigenvalue weighted by molar-refractivity contribution is 9.25. The molecule has 0 N–H and O–H groups in total. The van der Waals surface area contributed by atoms with E-state index >= 15 is 0 Å². The molecule has 0 spiro atoms. The summed E-state index contributed by atoms with van der Waals surface area (Å²) in [4.78, 5) is 0. The average Bonchev–Trinajstić information content (AvgIpc) is 1.56. The molecule has 0 aromatic heterocycles. The molecule has 0 saturated carbocycles. The zero-order chi connectivity index (χ0) is 9.28. The van der Waals surface area contributed by atoms with E-state index in [-0.39, 0.29) is 0 Å². The number of alkyl halides is 4. The van der Waals surface area contributed by atoms with Gasteiger partial charge in [0, 0.05) is 10.9 Å². The summed E-state index contributed by atoms with van der Waals surface area (Å²) in [6, 6.07) is 0. The van der Waals surface area contributed by atoms with Crippen LogP contribution in [0.15, 0.2) is 0 Å². The Bertz CT molecular complexity index is 127. The van der Waals surface area contributed by atoms with Crippen molar-refractivity contribution in [2.24, 2.45) is 0 Å². The summed E-state index contributed by atoms with van der Waals surface area (Å²) >= 11 is 9.32. The van der Waals surface area contributed by atoms with Crippen LogP contribution in [0.3, 0.4) is 0 Å². The Balaban J connectivity index is 3.99. The fourth-order valence-electron chi connectivity index (χ4n) is 0.509. The molecule has 0 aliphatic rings. The Hall–Kier alpha value is 1.59. The standard InChI is InChI=1S/C6H12Br3FSi/c1-11(2,3)5(7)4-6(8,9)10/h5H,4H2,1-3H3. The first-order valence-electron chi connectivity index (χ1n) is 3.34. The van der Waals surface area contributed by atoms with Crippen molar-refractivity contribution in [3.05, 3.63) is 0 Å². The summed E-state index contributed by atoms with van der Waals surface area (Å²) in [6.07, 6.45) is 0.461. The quantitative estimate of drug-likeness (QED) is 0.509. The highest BCUT2D eigenvalue weighted by Gasteiger charge is 2.32. The van der Waals surface area contributed by atoms with Crippen LogP contribution in [-0.4, -0.2) is 16.0 Å². The molecule has 0 heterocycles. The van der Waals surface area contributed by atoms with Crippen molar-refractivity contribution in [2.45, 2.75) is 34.0 Å². The fourth-order valence-corrected chi connectivity index (χ4v) is 3.96. The van der Waals surface area contributed by atoms with Crippen molar-refractivity contribution in [1.29, 1.82) is 0 Å². The molecule has 0 amide bonds. The molecule has 0 aromatic rings. The Morgan fingerprint density at radius 2 is 1.73 bits per heavy atom. The van der Waals surface area contributed by atoms with Gasteiger partial charge in [0.15, 0.2) is 0 Å². The van der Waals surface area contributed by atoms with Crippen LogP contribution in [0.4, 0.5) is 4.39 Å². The van der Waals surface area contributed by atoms with Crippen LogP contribution in [0.25, 0.3) is 0 Å². The SMILES string of the molecule is C[Si](C)(C)C(Br)CC(F)(Br)Br. The maximum Gasteiger partial charge on any atom is 0.219 e. The van der Waals surface area contributed by atoms with E-state index in [0.29, 0.717) is 10.9 Å². The normalized spacial score (nSPS) is 16.6. The molecule has 0 aromatic carbocycles. The van der Waals surface area contributed by atoms with Gasteiger partial charge in [-0.3, -0.25) is 0 Å². The summed E-state index contributed by atoms with van der Waals surface area (Å²) < 4.78 is 11.9. The Kier molecular flexibility index (Phi) is 4.80. The lowest BCUT2D eigenvalue weighted by Gasteiger charge is -2.25. The number of hydrogen-bond donors (Lipinski definition) is 0. The van der Waals surface area contributed by atoms with Crippen LogP contribution in [0.5, 0.6) is 0 Å². The van der Waals surface area contributed by atoms with Gasteiger partial charge in [0.2, 0.25) is 3.49 Å². The van der Waals surface area contributed by atoms with E-state index in [1.54, 1.807) is 0 Å². The third-order valence-electron chi connectivity index (χ3n) is 1.35. The van der Waals surface area contributed by atoms with Crippen molar-refractivity contribution >= 4 is 55.9 Å². The van der Waals surface area contributed by atoms with Gasteiger partial charge >= 0.3 is 0 Å². The number of hydrogen-bond acceptors (Lipinski definition) is 0. The van der Waals surface area contributed by atoms with Crippen LogP contribution in [0, 0.1) is 0 Å². The minimum atomic E-state index is -1.41. The molecule has 0 nitrogen and oxygen atoms in total. The van der Waals surface area contributed by atoms with E-state index in [4.69, 9.17) is 0 Å². The zero-order valence-electron chi connectivity index (χ0n) is 6.80. The summed E-state index contributed by atoms with van der Waals surface area (Å²) in [6.45, 7) is 6.62. The second-order valence-corrected chi connectivity index (χ2v) is 14.6. The van der Waals surface area contributed by atoms with Crippen LogP contribution < -0.4 is 0 Å². The van der Waals surface area contributed by atoms with Crippen molar-refractivity contribution in [1.82, 2.24) is 0 Å². The molecular formula is C6H12Br3FSi. The van der Waals surface area contributed by atoms with E-state index in [1.807, 2.05) is 0 Å². The lowest BCUT2D eigenvalue weighted by molar-refractivity contribution is 0.417. The predicted octanol–water partition coefficient (Wildman–Crippen LogP) is 4.43. The highest BCUT2D eigenvalue weighted by atomic mass is 79.9. The Morgan fingerprint density at radius 1 is 1.36 bits per heavy atom. The number of rotatable bonds is 3. The molecule has 0 bridgehead atoms. The lowest BCUT2D eigenvalue weighted by Crippen LogP contribution is -2.36.